The van der Waals surface area contributed by atoms with Crippen molar-refractivity contribution in [3.8, 4) is 0 Å². The Balaban J connectivity index is 1.68. The number of non-ortho nitro benzene ring substituents is 1. The molecule has 1 saturated heterocycles. The fraction of sp³-hybridized carbons (Fsp3) is 0.259. The molecule has 1 fully saturated rings. The number of hydrogen-bond acceptors (Lipinski definition) is 9. The Labute approximate surface area is 229 Å². The molecule has 1 aliphatic heterocycles. The molecule has 1 aliphatic rings. The molecule has 1 atom stereocenters. The smallest absolute Gasteiger partial charge is 0.269 e. The molecule has 11 nitrogen and oxygen atoms in total. The number of hydrogen-bond donors (Lipinski definition) is 1. The summed E-state index contributed by atoms with van der Waals surface area (Å²) in [7, 11) is -4.37. The maximum atomic E-state index is 14.4. The highest BCUT2D eigenvalue weighted by atomic mass is 32.2. The van der Waals surface area contributed by atoms with E-state index in [0.717, 1.165) is 34.6 Å². The van der Waals surface area contributed by atoms with Gasteiger partial charge in [-0.15, -0.1) is 0 Å². The molecule has 3 aromatic carbocycles. The molecule has 40 heavy (non-hydrogen) atoms. The predicted molar refractivity (Wildman–Crippen MR) is 146 cm³/mol. The van der Waals surface area contributed by atoms with Gasteiger partial charge in [-0.05, 0) is 55.0 Å². The van der Waals surface area contributed by atoms with Crippen molar-refractivity contribution < 1.29 is 27.6 Å². The number of rotatable bonds is 8. The van der Waals surface area contributed by atoms with Crippen molar-refractivity contribution in [1.29, 1.82) is 0 Å². The number of benzene rings is 3. The Hall–Kier alpha value is -4.20. The van der Waals surface area contributed by atoms with Gasteiger partial charge in [-0.3, -0.25) is 19.4 Å². The Kier molecular flexibility index (Phi) is 7.61. The van der Waals surface area contributed by atoms with Crippen molar-refractivity contribution in [2.24, 2.45) is 0 Å². The molecule has 0 spiro atoms. The monoisotopic (exact) mass is 567 g/mol. The molecule has 0 saturated carbocycles. The van der Waals surface area contributed by atoms with Gasteiger partial charge in [-0.1, -0.05) is 6.07 Å². The van der Waals surface area contributed by atoms with Gasteiger partial charge in [0.25, 0.3) is 15.7 Å². The van der Waals surface area contributed by atoms with E-state index in [9.17, 15) is 28.0 Å². The van der Waals surface area contributed by atoms with Gasteiger partial charge in [0.15, 0.2) is 0 Å². The number of nitro groups is 1. The second kappa shape index (κ2) is 11.1. The molecular formula is C27H26FN5O6S. The molecule has 1 N–H and O–H groups in total. The van der Waals surface area contributed by atoms with Crippen LogP contribution >= 0.6 is 0 Å². The van der Waals surface area contributed by atoms with Crippen molar-refractivity contribution in [2.45, 2.75) is 24.5 Å². The second-order valence-corrected chi connectivity index (χ2v) is 11.1. The van der Waals surface area contributed by atoms with Crippen LogP contribution in [0.2, 0.25) is 0 Å². The SMILES string of the molecule is CC(c1cc(CO)cc2ncc(N3CCOCC3)nc12)N(c1cccc(F)c1)S(=O)(=O)c1ccc([N+](=O)[O-])cc1. The minimum Gasteiger partial charge on any atom is -0.392 e. The first-order valence-corrected chi connectivity index (χ1v) is 13.9. The van der Waals surface area contributed by atoms with Crippen LogP contribution in [0.1, 0.15) is 24.1 Å². The quantitative estimate of drug-likeness (QED) is 0.248. The fourth-order valence-corrected chi connectivity index (χ4v) is 6.34. The largest absolute Gasteiger partial charge is 0.392 e. The summed E-state index contributed by atoms with van der Waals surface area (Å²) in [4.78, 5) is 21.7. The maximum absolute atomic E-state index is 14.4. The Morgan fingerprint density at radius 1 is 1.15 bits per heavy atom. The number of halogens is 1. The summed E-state index contributed by atoms with van der Waals surface area (Å²) in [5, 5.41) is 21.1. The summed E-state index contributed by atoms with van der Waals surface area (Å²) in [6, 6.07) is 12.0. The Bertz CT molecular complexity index is 1660. The highest BCUT2D eigenvalue weighted by Crippen LogP contribution is 2.37. The number of aromatic nitrogens is 2. The van der Waals surface area contributed by atoms with Gasteiger partial charge < -0.3 is 14.7 Å². The molecular weight excluding hydrogens is 541 g/mol. The van der Waals surface area contributed by atoms with Crippen molar-refractivity contribution in [3.05, 3.63) is 93.9 Å². The van der Waals surface area contributed by atoms with Gasteiger partial charge in [-0.25, -0.2) is 17.8 Å². The van der Waals surface area contributed by atoms with Gasteiger partial charge in [0.05, 0.1) is 58.6 Å². The van der Waals surface area contributed by atoms with Crippen molar-refractivity contribution in [3.63, 3.8) is 0 Å². The minimum atomic E-state index is -4.37. The average molecular weight is 568 g/mol. The molecule has 4 aromatic rings. The van der Waals surface area contributed by atoms with Crippen molar-refractivity contribution in [2.75, 3.05) is 35.5 Å². The van der Waals surface area contributed by atoms with Crippen LogP contribution in [0.4, 0.5) is 21.6 Å². The number of nitrogens with zero attached hydrogens (tertiary/aromatic N) is 5. The van der Waals surface area contributed by atoms with E-state index < -0.39 is 26.8 Å². The van der Waals surface area contributed by atoms with Crippen LogP contribution in [0.15, 0.2) is 71.8 Å². The number of nitro benzene ring substituents is 1. The zero-order valence-electron chi connectivity index (χ0n) is 21.5. The molecule has 13 heteroatoms. The fourth-order valence-electron chi connectivity index (χ4n) is 4.71. The third kappa shape index (κ3) is 5.30. The van der Waals surface area contributed by atoms with E-state index >= 15 is 0 Å². The van der Waals surface area contributed by atoms with Crippen LogP contribution in [-0.2, 0) is 21.4 Å². The van der Waals surface area contributed by atoms with E-state index in [-0.39, 0.29) is 22.9 Å². The first-order valence-electron chi connectivity index (χ1n) is 12.5. The van der Waals surface area contributed by atoms with Crippen LogP contribution in [0.25, 0.3) is 11.0 Å². The van der Waals surface area contributed by atoms with Gasteiger partial charge in [0, 0.05) is 30.8 Å². The van der Waals surface area contributed by atoms with Crippen LogP contribution in [0.5, 0.6) is 0 Å². The van der Waals surface area contributed by atoms with Crippen molar-refractivity contribution in [1.82, 2.24) is 9.97 Å². The highest BCUT2D eigenvalue weighted by Gasteiger charge is 2.33. The summed E-state index contributed by atoms with van der Waals surface area (Å²) < 4.78 is 49.0. The van der Waals surface area contributed by atoms with Crippen LogP contribution in [-0.4, -0.2) is 54.7 Å². The predicted octanol–water partition coefficient (Wildman–Crippen LogP) is 3.96. The number of aliphatic hydroxyl groups excluding tert-OH is 1. The average Bonchev–Trinajstić information content (AvgIpc) is 2.96. The zero-order valence-corrected chi connectivity index (χ0v) is 22.3. The van der Waals surface area contributed by atoms with Gasteiger partial charge in [0.2, 0.25) is 0 Å². The molecule has 5 rings (SSSR count). The van der Waals surface area contributed by atoms with E-state index in [2.05, 4.69) is 4.98 Å². The molecule has 1 unspecified atom stereocenters. The first kappa shape index (κ1) is 27.4. The normalized spacial score (nSPS) is 14.7. The Morgan fingerprint density at radius 2 is 1.88 bits per heavy atom. The molecule has 208 valence electrons. The van der Waals surface area contributed by atoms with E-state index in [1.54, 1.807) is 25.3 Å². The lowest BCUT2D eigenvalue weighted by Gasteiger charge is -2.32. The second-order valence-electron chi connectivity index (χ2n) is 9.25. The van der Waals surface area contributed by atoms with E-state index in [0.29, 0.717) is 54.3 Å². The number of aliphatic hydroxyl groups is 1. The zero-order chi connectivity index (χ0) is 28.4. The van der Waals surface area contributed by atoms with Gasteiger partial charge in [-0.2, -0.15) is 0 Å². The third-order valence-corrected chi connectivity index (χ3v) is 8.62. The van der Waals surface area contributed by atoms with Crippen LogP contribution < -0.4 is 9.21 Å². The standard InChI is InChI=1S/C27H26FN5O6S/c1-18(24-13-19(17-34)14-25-27(24)30-26(16-29-25)31-9-11-39-12-10-31)32(22-4-2-3-20(28)15-22)40(37,38)23-7-5-21(6-8-23)33(35)36/h2-8,13-16,18,34H,9-12,17H2,1H3. The first-order chi connectivity index (χ1) is 19.2. The summed E-state index contributed by atoms with van der Waals surface area (Å²) in [5.74, 6) is -0.0477. The number of morpholine rings is 1. The number of ether oxygens (including phenoxy) is 1. The highest BCUT2D eigenvalue weighted by molar-refractivity contribution is 7.92. The lowest BCUT2D eigenvalue weighted by molar-refractivity contribution is -0.384. The molecule has 0 aliphatic carbocycles. The van der Waals surface area contributed by atoms with Gasteiger partial charge >= 0.3 is 0 Å². The molecule has 2 heterocycles. The third-order valence-electron chi connectivity index (χ3n) is 6.71. The summed E-state index contributed by atoms with van der Waals surface area (Å²) in [6.07, 6.45) is 1.63. The Morgan fingerprint density at radius 3 is 2.52 bits per heavy atom. The van der Waals surface area contributed by atoms with E-state index in [1.807, 2.05) is 4.90 Å². The lowest BCUT2D eigenvalue weighted by atomic mass is 10.0. The van der Waals surface area contributed by atoms with Crippen LogP contribution in [0, 0.1) is 15.9 Å². The van der Waals surface area contributed by atoms with E-state index in [1.165, 1.54) is 18.2 Å². The van der Waals surface area contributed by atoms with E-state index in [4.69, 9.17) is 9.72 Å². The minimum absolute atomic E-state index is 0.0469. The molecule has 0 bridgehead atoms. The maximum Gasteiger partial charge on any atom is 0.269 e. The summed E-state index contributed by atoms with van der Waals surface area (Å²) >= 11 is 0. The lowest BCUT2D eigenvalue weighted by Crippen LogP contribution is -2.37. The van der Waals surface area contributed by atoms with Gasteiger partial charge in [0.1, 0.15) is 11.6 Å². The number of fused-ring (bicyclic) bond motifs is 1. The summed E-state index contributed by atoms with van der Waals surface area (Å²) in [6.45, 7) is 3.61. The molecule has 0 amide bonds. The van der Waals surface area contributed by atoms with Crippen LogP contribution in [0.3, 0.4) is 0 Å². The molecule has 0 radical (unpaired) electrons. The molecule has 1 aromatic heterocycles. The summed E-state index contributed by atoms with van der Waals surface area (Å²) in [5.41, 5.74) is 1.60. The number of anilines is 2. The number of sulfonamides is 1. The topological polar surface area (TPSA) is 139 Å². The van der Waals surface area contributed by atoms with Crippen molar-refractivity contribution >= 4 is 38.2 Å².